The van der Waals surface area contributed by atoms with Crippen LogP contribution < -0.4 is 11.1 Å². The number of nitrogens with zero attached hydrogens (tertiary/aromatic N) is 4. The van der Waals surface area contributed by atoms with Gasteiger partial charge in [-0.1, -0.05) is 0 Å². The summed E-state index contributed by atoms with van der Waals surface area (Å²) < 4.78 is 1.76. The third kappa shape index (κ3) is 2.77. The first-order chi connectivity index (χ1) is 8.69. The fourth-order valence-corrected chi connectivity index (χ4v) is 1.63. The van der Waals surface area contributed by atoms with Crippen LogP contribution in [0.4, 0.5) is 11.5 Å². The van der Waals surface area contributed by atoms with E-state index in [1.54, 1.807) is 10.7 Å². The van der Waals surface area contributed by atoms with E-state index in [2.05, 4.69) is 21.5 Å². The summed E-state index contributed by atoms with van der Waals surface area (Å²) in [6.07, 6.45) is 6.14. The van der Waals surface area contributed by atoms with Gasteiger partial charge in [0, 0.05) is 19.8 Å². The van der Waals surface area contributed by atoms with E-state index in [0.717, 1.165) is 12.0 Å². The summed E-state index contributed by atoms with van der Waals surface area (Å²) in [7, 11) is 1.88. The first kappa shape index (κ1) is 11.9. The fourth-order valence-electron chi connectivity index (χ4n) is 1.63. The van der Waals surface area contributed by atoms with Crippen molar-refractivity contribution in [1.82, 2.24) is 14.8 Å². The van der Waals surface area contributed by atoms with Crippen molar-refractivity contribution in [2.45, 2.75) is 6.42 Å². The smallest absolute Gasteiger partial charge is 0.144 e. The Kier molecular flexibility index (Phi) is 3.44. The van der Waals surface area contributed by atoms with Crippen LogP contribution in [0, 0.1) is 11.3 Å². The minimum absolute atomic E-state index is 0.459. The van der Waals surface area contributed by atoms with Gasteiger partial charge < -0.3 is 11.1 Å². The van der Waals surface area contributed by atoms with Crippen LogP contribution in [0.15, 0.2) is 24.7 Å². The molecule has 92 valence electrons. The number of anilines is 2. The molecule has 0 radical (unpaired) electrons. The van der Waals surface area contributed by atoms with E-state index in [-0.39, 0.29) is 0 Å². The molecule has 6 heteroatoms. The van der Waals surface area contributed by atoms with Crippen LogP contribution in [-0.2, 0) is 13.5 Å². The summed E-state index contributed by atoms with van der Waals surface area (Å²) in [6.45, 7) is 0.692. The predicted molar refractivity (Wildman–Crippen MR) is 68.8 cm³/mol. The number of rotatable bonds is 4. The number of nitrogens with two attached hydrogens (primary N) is 1. The summed E-state index contributed by atoms with van der Waals surface area (Å²) in [4.78, 5) is 4.11. The van der Waals surface area contributed by atoms with Crippen LogP contribution in [-0.4, -0.2) is 21.3 Å². The lowest BCUT2D eigenvalue weighted by molar-refractivity contribution is 0.767. The molecule has 0 atom stereocenters. The summed E-state index contributed by atoms with van der Waals surface area (Å²) in [5.41, 5.74) is 7.66. The molecule has 0 aliphatic carbocycles. The Balaban J connectivity index is 1.96. The van der Waals surface area contributed by atoms with Gasteiger partial charge >= 0.3 is 0 Å². The zero-order chi connectivity index (χ0) is 13.0. The van der Waals surface area contributed by atoms with Crippen molar-refractivity contribution in [1.29, 1.82) is 5.26 Å². The Hall–Kier alpha value is -2.55. The molecule has 0 amide bonds. The molecule has 2 aromatic rings. The molecule has 18 heavy (non-hydrogen) atoms. The summed E-state index contributed by atoms with van der Waals surface area (Å²) in [6, 6.07) is 3.68. The number of aromatic nitrogens is 3. The highest BCUT2D eigenvalue weighted by atomic mass is 15.2. The molecule has 0 saturated carbocycles. The molecule has 2 aromatic heterocycles. The quantitative estimate of drug-likeness (QED) is 0.831. The first-order valence-corrected chi connectivity index (χ1v) is 5.56. The topological polar surface area (TPSA) is 92.5 Å². The van der Waals surface area contributed by atoms with Gasteiger partial charge in [-0.2, -0.15) is 10.4 Å². The highest BCUT2D eigenvalue weighted by Gasteiger charge is 2.04. The lowest BCUT2D eigenvalue weighted by Crippen LogP contribution is -2.08. The van der Waals surface area contributed by atoms with Crippen molar-refractivity contribution in [3.05, 3.63) is 35.8 Å². The monoisotopic (exact) mass is 242 g/mol. The molecule has 0 fully saturated rings. The van der Waals surface area contributed by atoms with E-state index < -0.39 is 0 Å². The van der Waals surface area contributed by atoms with E-state index in [1.807, 2.05) is 19.4 Å². The van der Waals surface area contributed by atoms with Crippen molar-refractivity contribution in [3.63, 3.8) is 0 Å². The second-order valence-electron chi connectivity index (χ2n) is 3.98. The normalized spacial score (nSPS) is 10.0. The SMILES string of the molecule is Cn1cc(CCNc2ncc(N)cc2C#N)cn1. The number of nitrogen functional groups attached to an aromatic ring is 1. The van der Waals surface area contributed by atoms with Crippen LogP contribution in [0.2, 0.25) is 0 Å². The molecule has 6 nitrogen and oxygen atoms in total. The van der Waals surface area contributed by atoms with Crippen LogP contribution >= 0.6 is 0 Å². The van der Waals surface area contributed by atoms with Crippen molar-refractivity contribution >= 4 is 11.5 Å². The van der Waals surface area contributed by atoms with Gasteiger partial charge in [-0.05, 0) is 18.1 Å². The Morgan fingerprint density at radius 3 is 3.00 bits per heavy atom. The van der Waals surface area contributed by atoms with Crippen LogP contribution in [0.1, 0.15) is 11.1 Å². The van der Waals surface area contributed by atoms with Gasteiger partial charge in [0.1, 0.15) is 11.9 Å². The molecule has 0 aromatic carbocycles. The van der Waals surface area contributed by atoms with Crippen molar-refractivity contribution in [2.75, 3.05) is 17.6 Å². The van der Waals surface area contributed by atoms with Gasteiger partial charge in [-0.3, -0.25) is 4.68 Å². The zero-order valence-corrected chi connectivity index (χ0v) is 10.1. The van der Waals surface area contributed by atoms with Gasteiger partial charge in [-0.15, -0.1) is 0 Å². The maximum Gasteiger partial charge on any atom is 0.144 e. The first-order valence-electron chi connectivity index (χ1n) is 5.56. The van der Waals surface area contributed by atoms with Crippen LogP contribution in [0.3, 0.4) is 0 Å². The third-order valence-corrected chi connectivity index (χ3v) is 2.49. The average Bonchev–Trinajstić information content (AvgIpc) is 2.77. The van der Waals surface area contributed by atoms with Crippen LogP contribution in [0.5, 0.6) is 0 Å². The molecule has 2 heterocycles. The van der Waals surface area contributed by atoms with Gasteiger partial charge in [0.25, 0.3) is 0 Å². The summed E-state index contributed by atoms with van der Waals surface area (Å²) in [5.74, 6) is 0.565. The molecule has 3 N–H and O–H groups in total. The number of nitrogens with one attached hydrogen (secondary N) is 1. The Labute approximate surface area is 105 Å². The number of hydrogen-bond donors (Lipinski definition) is 2. The molecule has 0 aliphatic rings. The Morgan fingerprint density at radius 2 is 2.33 bits per heavy atom. The number of pyridine rings is 1. The van der Waals surface area contributed by atoms with E-state index in [0.29, 0.717) is 23.6 Å². The van der Waals surface area contributed by atoms with Crippen molar-refractivity contribution in [3.8, 4) is 6.07 Å². The van der Waals surface area contributed by atoms with Crippen molar-refractivity contribution in [2.24, 2.45) is 7.05 Å². The highest BCUT2D eigenvalue weighted by molar-refractivity contribution is 5.57. The Morgan fingerprint density at radius 1 is 1.50 bits per heavy atom. The van der Waals surface area contributed by atoms with Gasteiger partial charge in [0.2, 0.25) is 0 Å². The molecular weight excluding hydrogens is 228 g/mol. The Bertz CT molecular complexity index is 580. The molecular formula is C12H14N6. The van der Waals surface area contributed by atoms with E-state index in [4.69, 9.17) is 11.0 Å². The van der Waals surface area contributed by atoms with Gasteiger partial charge in [0.15, 0.2) is 0 Å². The second-order valence-corrected chi connectivity index (χ2v) is 3.98. The maximum atomic E-state index is 8.96. The molecule has 2 rings (SSSR count). The molecule has 0 spiro atoms. The van der Waals surface area contributed by atoms with Crippen LogP contribution in [0.25, 0.3) is 0 Å². The number of nitriles is 1. The second kappa shape index (κ2) is 5.19. The summed E-state index contributed by atoms with van der Waals surface area (Å²) in [5, 5.41) is 16.2. The van der Waals surface area contributed by atoms with E-state index in [1.165, 1.54) is 6.20 Å². The lowest BCUT2D eigenvalue weighted by atomic mass is 10.2. The van der Waals surface area contributed by atoms with E-state index >= 15 is 0 Å². The molecule has 0 unspecified atom stereocenters. The standard InChI is InChI=1S/C12H14N6/c1-18-8-9(6-17-18)2-3-15-12-10(5-13)4-11(14)7-16-12/h4,6-8H,2-3,14H2,1H3,(H,15,16). The molecule has 0 bridgehead atoms. The van der Waals surface area contributed by atoms with Gasteiger partial charge in [0.05, 0.1) is 23.6 Å². The average molecular weight is 242 g/mol. The number of hydrogen-bond acceptors (Lipinski definition) is 5. The van der Waals surface area contributed by atoms with Gasteiger partial charge in [-0.25, -0.2) is 4.98 Å². The third-order valence-electron chi connectivity index (χ3n) is 2.49. The zero-order valence-electron chi connectivity index (χ0n) is 10.1. The summed E-state index contributed by atoms with van der Waals surface area (Å²) >= 11 is 0. The maximum absolute atomic E-state index is 8.96. The fraction of sp³-hybridized carbons (Fsp3) is 0.250. The molecule has 0 saturated heterocycles. The highest BCUT2D eigenvalue weighted by Crippen LogP contribution is 2.14. The lowest BCUT2D eigenvalue weighted by Gasteiger charge is -2.06. The minimum Gasteiger partial charge on any atom is -0.397 e. The minimum atomic E-state index is 0.459. The number of aryl methyl sites for hydroxylation is 1. The van der Waals surface area contributed by atoms with Crippen molar-refractivity contribution < 1.29 is 0 Å². The molecule has 0 aliphatic heterocycles. The van der Waals surface area contributed by atoms with E-state index in [9.17, 15) is 0 Å². The largest absolute Gasteiger partial charge is 0.397 e. The predicted octanol–water partition coefficient (Wildman–Crippen LogP) is 0.924.